The minimum atomic E-state index is -0.899. The highest BCUT2D eigenvalue weighted by atomic mass is 16.3. The van der Waals surface area contributed by atoms with Gasteiger partial charge in [0, 0.05) is 13.6 Å². The van der Waals surface area contributed by atoms with Crippen LogP contribution in [-0.4, -0.2) is 60.8 Å². The predicted octanol–water partition coefficient (Wildman–Crippen LogP) is 2.01. The zero-order valence-corrected chi connectivity index (χ0v) is 14.6. The zero-order chi connectivity index (χ0) is 16.9. The molecular weight excluding hydrogens is 278 g/mol. The van der Waals surface area contributed by atoms with Gasteiger partial charge in [0.25, 0.3) is 0 Å². The molecule has 2 amide bonds. The van der Waals surface area contributed by atoms with Crippen LogP contribution >= 0.6 is 0 Å². The average Bonchev–Trinajstić information content (AvgIpc) is 2.38. The van der Waals surface area contributed by atoms with E-state index in [9.17, 15) is 9.90 Å². The minimum Gasteiger partial charge on any atom is -0.389 e. The highest BCUT2D eigenvalue weighted by molar-refractivity contribution is 5.74. The molecular formula is C17H29N3O2. The van der Waals surface area contributed by atoms with Gasteiger partial charge >= 0.3 is 6.03 Å². The number of nitrogens with one attached hydrogen (secondary N) is 1. The molecule has 0 aromatic heterocycles. The van der Waals surface area contributed by atoms with Crippen LogP contribution in [0.1, 0.15) is 31.0 Å². The molecule has 1 aromatic carbocycles. The Bertz CT molecular complexity index is 478. The molecule has 5 nitrogen and oxygen atoms in total. The van der Waals surface area contributed by atoms with Gasteiger partial charge in [-0.3, -0.25) is 0 Å². The number of hydrogen-bond donors (Lipinski definition) is 2. The van der Waals surface area contributed by atoms with Gasteiger partial charge in [-0.25, -0.2) is 4.79 Å². The molecule has 0 heterocycles. The SMILES string of the molecule is Cc1ccc(C(CNC(=O)N(C)CC(C)(C)O)N(C)C)cc1. The van der Waals surface area contributed by atoms with Crippen LogP contribution in [0.2, 0.25) is 0 Å². The molecule has 0 bridgehead atoms. The maximum absolute atomic E-state index is 12.1. The number of hydrogen-bond acceptors (Lipinski definition) is 3. The molecule has 1 unspecified atom stereocenters. The van der Waals surface area contributed by atoms with E-state index in [2.05, 4.69) is 41.4 Å². The van der Waals surface area contributed by atoms with E-state index in [0.29, 0.717) is 6.54 Å². The Morgan fingerprint density at radius 2 is 1.77 bits per heavy atom. The molecule has 0 saturated carbocycles. The number of amides is 2. The smallest absolute Gasteiger partial charge is 0.317 e. The van der Waals surface area contributed by atoms with Crippen molar-refractivity contribution in [2.45, 2.75) is 32.4 Å². The maximum atomic E-state index is 12.1. The van der Waals surface area contributed by atoms with E-state index in [1.807, 2.05) is 14.1 Å². The fourth-order valence-corrected chi connectivity index (χ4v) is 2.36. The van der Waals surface area contributed by atoms with Crippen LogP contribution in [0, 0.1) is 6.92 Å². The second-order valence-corrected chi connectivity index (χ2v) is 6.74. The van der Waals surface area contributed by atoms with Crippen LogP contribution in [0.15, 0.2) is 24.3 Å². The second-order valence-electron chi connectivity index (χ2n) is 6.74. The van der Waals surface area contributed by atoms with E-state index in [4.69, 9.17) is 0 Å². The van der Waals surface area contributed by atoms with Crippen LogP contribution < -0.4 is 5.32 Å². The van der Waals surface area contributed by atoms with Gasteiger partial charge in [0.1, 0.15) is 0 Å². The van der Waals surface area contributed by atoms with Gasteiger partial charge in [0.2, 0.25) is 0 Å². The molecule has 5 heteroatoms. The van der Waals surface area contributed by atoms with Crippen molar-refractivity contribution >= 4 is 6.03 Å². The van der Waals surface area contributed by atoms with Crippen LogP contribution in [0.3, 0.4) is 0 Å². The van der Waals surface area contributed by atoms with Gasteiger partial charge in [-0.2, -0.15) is 0 Å². The number of aliphatic hydroxyl groups is 1. The van der Waals surface area contributed by atoms with Crippen molar-refractivity contribution in [2.75, 3.05) is 34.2 Å². The number of nitrogens with zero attached hydrogens (tertiary/aromatic N) is 2. The summed E-state index contributed by atoms with van der Waals surface area (Å²) in [5, 5.41) is 12.7. The van der Waals surface area contributed by atoms with Crippen LogP contribution in [0.25, 0.3) is 0 Å². The summed E-state index contributed by atoms with van der Waals surface area (Å²) in [5.74, 6) is 0. The van der Waals surface area contributed by atoms with Crippen molar-refractivity contribution in [1.29, 1.82) is 0 Å². The standard InChI is InChI=1S/C17H29N3O2/c1-13-7-9-14(10-8-13)15(19(4)5)11-18-16(21)20(6)12-17(2,3)22/h7-10,15,22H,11-12H2,1-6H3,(H,18,21). The third kappa shape index (κ3) is 6.03. The molecule has 2 N–H and O–H groups in total. The lowest BCUT2D eigenvalue weighted by Gasteiger charge is -2.29. The number of benzene rings is 1. The topological polar surface area (TPSA) is 55.8 Å². The molecule has 0 aliphatic heterocycles. The largest absolute Gasteiger partial charge is 0.389 e. The summed E-state index contributed by atoms with van der Waals surface area (Å²) in [6.45, 7) is 6.24. The van der Waals surface area contributed by atoms with Gasteiger partial charge in [-0.15, -0.1) is 0 Å². The monoisotopic (exact) mass is 307 g/mol. The summed E-state index contributed by atoms with van der Waals surface area (Å²) in [4.78, 5) is 15.7. The van der Waals surface area contributed by atoms with E-state index < -0.39 is 5.60 Å². The molecule has 0 radical (unpaired) electrons. The summed E-state index contributed by atoms with van der Waals surface area (Å²) in [7, 11) is 5.68. The Hall–Kier alpha value is -1.59. The molecule has 0 spiro atoms. The number of likely N-dealkylation sites (N-methyl/N-ethyl adjacent to an activating group) is 2. The molecule has 0 saturated heterocycles. The van der Waals surface area contributed by atoms with Gasteiger partial charge in [-0.1, -0.05) is 29.8 Å². The van der Waals surface area contributed by atoms with Crippen LogP contribution in [0.4, 0.5) is 4.79 Å². The molecule has 0 fully saturated rings. The van der Waals surface area contributed by atoms with E-state index in [1.165, 1.54) is 16.0 Å². The van der Waals surface area contributed by atoms with Crippen molar-refractivity contribution in [2.24, 2.45) is 0 Å². The van der Waals surface area contributed by atoms with Gasteiger partial charge in [0.15, 0.2) is 0 Å². The third-order valence-corrected chi connectivity index (χ3v) is 3.50. The molecule has 1 rings (SSSR count). The van der Waals surface area contributed by atoms with Gasteiger partial charge < -0.3 is 20.2 Å². The molecule has 0 aliphatic rings. The first-order valence-electron chi connectivity index (χ1n) is 7.54. The summed E-state index contributed by atoms with van der Waals surface area (Å²) in [6.07, 6.45) is 0. The first-order chi connectivity index (χ1) is 10.1. The van der Waals surface area contributed by atoms with Crippen molar-refractivity contribution in [1.82, 2.24) is 15.1 Å². The quantitative estimate of drug-likeness (QED) is 0.845. The number of carbonyl (C=O) groups is 1. The molecule has 22 heavy (non-hydrogen) atoms. The summed E-state index contributed by atoms with van der Waals surface area (Å²) in [6, 6.07) is 8.27. The highest BCUT2D eigenvalue weighted by Gasteiger charge is 2.21. The number of carbonyl (C=O) groups excluding carboxylic acids is 1. The number of rotatable bonds is 6. The van der Waals surface area contributed by atoms with Crippen molar-refractivity contribution < 1.29 is 9.90 Å². The molecule has 1 atom stereocenters. The lowest BCUT2D eigenvalue weighted by atomic mass is 10.0. The lowest BCUT2D eigenvalue weighted by Crippen LogP contribution is -2.46. The van der Waals surface area contributed by atoms with E-state index in [1.54, 1.807) is 20.9 Å². The Morgan fingerprint density at radius 1 is 1.23 bits per heavy atom. The number of aryl methyl sites for hydroxylation is 1. The minimum absolute atomic E-state index is 0.111. The lowest BCUT2D eigenvalue weighted by molar-refractivity contribution is 0.0529. The van der Waals surface area contributed by atoms with Gasteiger partial charge in [0.05, 0.1) is 18.2 Å². The average molecular weight is 307 g/mol. The van der Waals surface area contributed by atoms with Crippen molar-refractivity contribution in [3.63, 3.8) is 0 Å². The second kappa shape index (κ2) is 7.61. The maximum Gasteiger partial charge on any atom is 0.317 e. The Kier molecular flexibility index (Phi) is 6.38. The first-order valence-corrected chi connectivity index (χ1v) is 7.54. The third-order valence-electron chi connectivity index (χ3n) is 3.50. The Labute approximate surface area is 133 Å². The Morgan fingerprint density at radius 3 is 2.23 bits per heavy atom. The zero-order valence-electron chi connectivity index (χ0n) is 14.6. The normalized spacial score (nSPS) is 13.1. The highest BCUT2D eigenvalue weighted by Crippen LogP contribution is 2.18. The number of urea groups is 1. The fourth-order valence-electron chi connectivity index (χ4n) is 2.36. The van der Waals surface area contributed by atoms with Crippen molar-refractivity contribution in [3.05, 3.63) is 35.4 Å². The first kappa shape index (κ1) is 18.5. The van der Waals surface area contributed by atoms with E-state index in [0.717, 1.165) is 0 Å². The van der Waals surface area contributed by atoms with E-state index >= 15 is 0 Å². The van der Waals surface area contributed by atoms with E-state index in [-0.39, 0.29) is 18.6 Å². The van der Waals surface area contributed by atoms with Crippen molar-refractivity contribution in [3.8, 4) is 0 Å². The summed E-state index contributed by atoms with van der Waals surface area (Å²) < 4.78 is 0. The fraction of sp³-hybridized carbons (Fsp3) is 0.588. The van der Waals surface area contributed by atoms with Crippen LogP contribution in [0.5, 0.6) is 0 Å². The molecule has 1 aromatic rings. The molecule has 124 valence electrons. The summed E-state index contributed by atoms with van der Waals surface area (Å²) >= 11 is 0. The predicted molar refractivity (Wildman–Crippen MR) is 89.9 cm³/mol. The van der Waals surface area contributed by atoms with Gasteiger partial charge in [-0.05, 0) is 40.4 Å². The summed E-state index contributed by atoms with van der Waals surface area (Å²) in [5.41, 5.74) is 1.49. The Balaban J connectivity index is 2.65. The molecule has 0 aliphatic carbocycles. The van der Waals surface area contributed by atoms with Crippen LogP contribution in [-0.2, 0) is 0 Å².